The number of aryl methyl sites for hydroxylation is 1. The highest BCUT2D eigenvalue weighted by Gasteiger charge is 2.41. The molecule has 166 valence electrons. The molecule has 1 aliphatic heterocycles. The molecule has 1 aromatic carbocycles. The summed E-state index contributed by atoms with van der Waals surface area (Å²) in [6.07, 6.45) is 1.83. The number of aromatic nitrogens is 5. The second-order valence-corrected chi connectivity index (χ2v) is 8.18. The number of nitrogens with one attached hydrogen (secondary N) is 1. The van der Waals surface area contributed by atoms with Crippen molar-refractivity contribution in [1.82, 2.24) is 30.1 Å². The molecular formula is C21H25F3N6O. The van der Waals surface area contributed by atoms with Crippen molar-refractivity contribution < 1.29 is 18.3 Å². The van der Waals surface area contributed by atoms with Crippen LogP contribution in [0.2, 0.25) is 0 Å². The predicted octanol–water partition coefficient (Wildman–Crippen LogP) is 3.26. The highest BCUT2D eigenvalue weighted by molar-refractivity contribution is 5.30. The Hall–Kier alpha value is -2.72. The minimum atomic E-state index is -4.41. The summed E-state index contributed by atoms with van der Waals surface area (Å²) in [5.74, 6) is 0. The monoisotopic (exact) mass is 434 g/mol. The molecule has 2 aromatic heterocycles. The number of halogens is 3. The van der Waals surface area contributed by atoms with E-state index in [0.717, 1.165) is 24.2 Å². The molecule has 1 unspecified atom stereocenters. The van der Waals surface area contributed by atoms with E-state index >= 15 is 0 Å². The molecular weight excluding hydrogens is 409 g/mol. The molecule has 2 N–H and O–H groups in total. The third-order valence-corrected chi connectivity index (χ3v) is 5.69. The van der Waals surface area contributed by atoms with Gasteiger partial charge < -0.3 is 10.4 Å². The van der Waals surface area contributed by atoms with Gasteiger partial charge in [0.15, 0.2) is 0 Å². The fourth-order valence-corrected chi connectivity index (χ4v) is 4.18. The molecule has 4 rings (SSSR count). The summed E-state index contributed by atoms with van der Waals surface area (Å²) < 4.78 is 42.2. The van der Waals surface area contributed by atoms with Crippen LogP contribution in [0, 0.1) is 0 Å². The van der Waals surface area contributed by atoms with Gasteiger partial charge in [-0.1, -0.05) is 17.3 Å². The lowest BCUT2D eigenvalue weighted by molar-refractivity contribution is -0.137. The Morgan fingerprint density at radius 2 is 1.90 bits per heavy atom. The number of nitrogens with zero attached hydrogens (tertiary/aromatic N) is 5. The van der Waals surface area contributed by atoms with Gasteiger partial charge in [-0.25, -0.2) is 4.68 Å². The molecule has 31 heavy (non-hydrogen) atoms. The molecule has 3 atom stereocenters. The maximum Gasteiger partial charge on any atom is 0.416 e. The number of rotatable bonds is 5. The fraction of sp³-hybridized carbons (Fsp3) is 0.476. The second kappa shape index (κ2) is 8.08. The zero-order valence-corrected chi connectivity index (χ0v) is 17.3. The number of aliphatic hydroxyl groups is 1. The lowest BCUT2D eigenvalue weighted by atomic mass is 9.78. The van der Waals surface area contributed by atoms with Crippen LogP contribution in [0.25, 0.3) is 0 Å². The molecule has 1 aliphatic rings. The normalized spacial score (nSPS) is 24.5. The van der Waals surface area contributed by atoms with Crippen LogP contribution in [-0.4, -0.2) is 35.9 Å². The Bertz CT molecular complexity index is 1030. The Morgan fingerprint density at radius 3 is 2.55 bits per heavy atom. The van der Waals surface area contributed by atoms with Crippen LogP contribution >= 0.6 is 0 Å². The van der Waals surface area contributed by atoms with Crippen molar-refractivity contribution in [3.8, 4) is 0 Å². The van der Waals surface area contributed by atoms with E-state index in [1.165, 1.54) is 12.1 Å². The predicted molar refractivity (Wildman–Crippen MR) is 107 cm³/mol. The van der Waals surface area contributed by atoms with Crippen LogP contribution in [0.15, 0.2) is 42.9 Å². The number of hydrogen-bond acceptors (Lipinski definition) is 5. The largest absolute Gasteiger partial charge is 0.416 e. The Balaban J connectivity index is 1.51. The zero-order valence-electron chi connectivity index (χ0n) is 17.3. The SMILES string of the molecule is CCn1cc(Cn2cc([C@@H]3CC(O)(c4ccc(C(F)(F)F)cc4)C[C@H](C)N3)nn2)cn1. The Labute approximate surface area is 177 Å². The van der Waals surface area contributed by atoms with Gasteiger partial charge in [-0.3, -0.25) is 4.68 Å². The summed E-state index contributed by atoms with van der Waals surface area (Å²) in [7, 11) is 0. The van der Waals surface area contributed by atoms with Gasteiger partial charge in [0.2, 0.25) is 0 Å². The lowest BCUT2D eigenvalue weighted by Crippen LogP contribution is -2.47. The van der Waals surface area contributed by atoms with Crippen LogP contribution in [0.1, 0.15) is 55.1 Å². The molecule has 3 heterocycles. The summed E-state index contributed by atoms with van der Waals surface area (Å²) >= 11 is 0. The molecule has 1 fully saturated rings. The van der Waals surface area contributed by atoms with Gasteiger partial charge in [0.1, 0.15) is 0 Å². The van der Waals surface area contributed by atoms with Crippen molar-refractivity contribution in [3.05, 3.63) is 65.2 Å². The zero-order chi connectivity index (χ0) is 22.2. The van der Waals surface area contributed by atoms with Crippen LogP contribution < -0.4 is 5.32 Å². The Morgan fingerprint density at radius 1 is 1.16 bits per heavy atom. The molecule has 0 amide bonds. The van der Waals surface area contributed by atoms with E-state index in [4.69, 9.17) is 0 Å². The van der Waals surface area contributed by atoms with Crippen molar-refractivity contribution >= 4 is 0 Å². The molecule has 1 saturated heterocycles. The number of benzene rings is 1. The fourth-order valence-electron chi connectivity index (χ4n) is 4.18. The van der Waals surface area contributed by atoms with Gasteiger partial charge in [0.05, 0.1) is 41.8 Å². The molecule has 10 heteroatoms. The summed E-state index contributed by atoms with van der Waals surface area (Å²) in [6, 6.07) is 4.42. The molecule has 3 aromatic rings. The van der Waals surface area contributed by atoms with Gasteiger partial charge in [-0.2, -0.15) is 18.3 Å². The lowest BCUT2D eigenvalue weighted by Gasteiger charge is -2.40. The van der Waals surface area contributed by atoms with Gasteiger partial charge in [0, 0.05) is 30.8 Å². The molecule has 0 bridgehead atoms. The van der Waals surface area contributed by atoms with Crippen LogP contribution in [0.5, 0.6) is 0 Å². The number of piperidine rings is 1. The van der Waals surface area contributed by atoms with Crippen molar-refractivity contribution in [2.45, 2.75) is 63.6 Å². The van der Waals surface area contributed by atoms with E-state index < -0.39 is 17.3 Å². The van der Waals surface area contributed by atoms with E-state index in [1.807, 2.05) is 30.9 Å². The topological polar surface area (TPSA) is 80.8 Å². The van der Waals surface area contributed by atoms with E-state index in [-0.39, 0.29) is 18.5 Å². The number of alkyl halides is 3. The van der Waals surface area contributed by atoms with Crippen molar-refractivity contribution in [2.75, 3.05) is 0 Å². The highest BCUT2D eigenvalue weighted by atomic mass is 19.4. The molecule has 0 aliphatic carbocycles. The van der Waals surface area contributed by atoms with E-state index in [1.54, 1.807) is 10.9 Å². The van der Waals surface area contributed by atoms with E-state index in [2.05, 4.69) is 20.7 Å². The quantitative estimate of drug-likeness (QED) is 0.644. The summed E-state index contributed by atoms with van der Waals surface area (Å²) in [6.45, 7) is 5.26. The van der Waals surface area contributed by atoms with Gasteiger partial charge in [-0.05, 0) is 38.0 Å². The maximum atomic E-state index is 12.9. The van der Waals surface area contributed by atoms with Gasteiger partial charge in [-0.15, -0.1) is 5.10 Å². The highest BCUT2D eigenvalue weighted by Crippen LogP contribution is 2.40. The molecule has 0 saturated carbocycles. The average molecular weight is 434 g/mol. The molecule has 0 spiro atoms. The van der Waals surface area contributed by atoms with Gasteiger partial charge >= 0.3 is 6.18 Å². The molecule has 7 nitrogen and oxygen atoms in total. The van der Waals surface area contributed by atoms with Gasteiger partial charge in [0.25, 0.3) is 0 Å². The minimum Gasteiger partial charge on any atom is -0.385 e. The third-order valence-electron chi connectivity index (χ3n) is 5.69. The summed E-state index contributed by atoms with van der Waals surface area (Å²) in [5.41, 5.74) is 0.168. The number of hydrogen-bond donors (Lipinski definition) is 2. The minimum absolute atomic E-state index is 0.0565. The third kappa shape index (κ3) is 4.64. The summed E-state index contributed by atoms with van der Waals surface area (Å²) in [4.78, 5) is 0. The van der Waals surface area contributed by atoms with Crippen molar-refractivity contribution in [3.63, 3.8) is 0 Å². The van der Waals surface area contributed by atoms with E-state index in [0.29, 0.717) is 24.2 Å². The van der Waals surface area contributed by atoms with Crippen LogP contribution in [-0.2, 0) is 24.9 Å². The molecule has 0 radical (unpaired) electrons. The van der Waals surface area contributed by atoms with Crippen LogP contribution in [0.4, 0.5) is 13.2 Å². The first-order valence-electron chi connectivity index (χ1n) is 10.2. The maximum absolute atomic E-state index is 12.9. The first-order valence-corrected chi connectivity index (χ1v) is 10.2. The Kier molecular flexibility index (Phi) is 5.61. The standard InChI is InChI=1S/C21H25F3N6O/c1-3-29-11-15(10-25-29)12-30-13-19(27-28-30)18-9-20(31,8-14(2)26-18)16-4-6-17(7-5-16)21(22,23)24/h4-7,10-11,13-14,18,26,31H,3,8-9,12H2,1-2H3/t14-,18-,20?/m0/s1. The van der Waals surface area contributed by atoms with Crippen molar-refractivity contribution in [1.29, 1.82) is 0 Å². The van der Waals surface area contributed by atoms with E-state index in [9.17, 15) is 18.3 Å². The summed E-state index contributed by atoms with van der Waals surface area (Å²) in [5, 5.41) is 27.4. The first-order chi connectivity index (χ1) is 14.7. The smallest absolute Gasteiger partial charge is 0.385 e. The second-order valence-electron chi connectivity index (χ2n) is 8.18. The van der Waals surface area contributed by atoms with Crippen LogP contribution in [0.3, 0.4) is 0 Å². The average Bonchev–Trinajstić information content (AvgIpc) is 3.36. The van der Waals surface area contributed by atoms with Crippen molar-refractivity contribution in [2.24, 2.45) is 0 Å². The first kappa shape index (κ1) is 21.5.